The van der Waals surface area contributed by atoms with Gasteiger partial charge in [-0.3, -0.25) is 9.59 Å². The molecule has 1 unspecified atom stereocenters. The second-order valence-corrected chi connectivity index (χ2v) is 4.54. The fraction of sp³-hybridized carbons (Fsp3) is 0.385. The number of aliphatic carboxylic acids is 1. The van der Waals surface area contributed by atoms with Gasteiger partial charge in [0.2, 0.25) is 5.91 Å². The van der Waals surface area contributed by atoms with E-state index in [9.17, 15) is 22.8 Å². The molecule has 1 saturated heterocycles. The zero-order chi connectivity index (χ0) is 15.6. The minimum absolute atomic E-state index is 0.0780. The number of piperidine rings is 1. The number of carboxylic acid groups (broad SMARTS) is 1. The van der Waals surface area contributed by atoms with Crippen molar-refractivity contribution in [3.8, 4) is 5.75 Å². The van der Waals surface area contributed by atoms with Crippen LogP contribution in [0.15, 0.2) is 24.3 Å². The zero-order valence-corrected chi connectivity index (χ0v) is 10.8. The molecule has 0 bridgehead atoms. The summed E-state index contributed by atoms with van der Waals surface area (Å²) >= 11 is 0. The number of anilines is 1. The lowest BCUT2D eigenvalue weighted by molar-refractivity contribution is -0.274. The Labute approximate surface area is 117 Å². The molecule has 0 aliphatic carbocycles. The van der Waals surface area contributed by atoms with E-state index in [2.05, 4.69) is 4.74 Å². The number of halogens is 3. The summed E-state index contributed by atoms with van der Waals surface area (Å²) in [5, 5.41) is 8.97. The number of para-hydroxylation sites is 2. The maximum absolute atomic E-state index is 12.4. The molecule has 1 N–H and O–H groups in total. The third-order valence-corrected chi connectivity index (χ3v) is 3.12. The van der Waals surface area contributed by atoms with Crippen molar-refractivity contribution in [2.45, 2.75) is 19.2 Å². The summed E-state index contributed by atoms with van der Waals surface area (Å²) in [7, 11) is 0. The van der Waals surface area contributed by atoms with Crippen molar-refractivity contribution in [3.05, 3.63) is 24.3 Å². The lowest BCUT2D eigenvalue weighted by Crippen LogP contribution is -2.44. The number of hydrogen-bond acceptors (Lipinski definition) is 3. The summed E-state index contributed by atoms with van der Waals surface area (Å²) in [6, 6.07) is 5.17. The molecule has 1 heterocycles. The van der Waals surface area contributed by atoms with E-state index in [1.165, 1.54) is 18.2 Å². The topological polar surface area (TPSA) is 66.8 Å². The van der Waals surface area contributed by atoms with Gasteiger partial charge < -0.3 is 14.7 Å². The number of hydrogen-bond donors (Lipinski definition) is 1. The van der Waals surface area contributed by atoms with E-state index in [0.29, 0.717) is 6.42 Å². The number of alkyl halides is 3. The number of ether oxygens (including phenoxy) is 1. The minimum Gasteiger partial charge on any atom is -0.481 e. The van der Waals surface area contributed by atoms with Gasteiger partial charge in [-0.2, -0.15) is 0 Å². The molecule has 1 aliphatic rings. The average Bonchev–Trinajstić information content (AvgIpc) is 2.38. The fourth-order valence-electron chi connectivity index (χ4n) is 2.23. The predicted octanol–water partition coefficient (Wildman–Crippen LogP) is 2.41. The number of benzene rings is 1. The van der Waals surface area contributed by atoms with Crippen molar-refractivity contribution in [3.63, 3.8) is 0 Å². The average molecular weight is 303 g/mol. The maximum Gasteiger partial charge on any atom is 0.573 e. The lowest BCUT2D eigenvalue weighted by atomic mass is 9.96. The fourth-order valence-corrected chi connectivity index (χ4v) is 2.23. The van der Waals surface area contributed by atoms with Crippen LogP contribution in [0.4, 0.5) is 18.9 Å². The number of amides is 1. The molecule has 21 heavy (non-hydrogen) atoms. The summed E-state index contributed by atoms with van der Waals surface area (Å²) < 4.78 is 41.0. The largest absolute Gasteiger partial charge is 0.573 e. The molecule has 0 radical (unpaired) electrons. The quantitative estimate of drug-likeness (QED) is 0.871. The van der Waals surface area contributed by atoms with Gasteiger partial charge in [0.1, 0.15) is 5.92 Å². The molecule has 114 valence electrons. The Morgan fingerprint density at radius 1 is 1.33 bits per heavy atom. The summed E-state index contributed by atoms with van der Waals surface area (Å²) in [6.07, 6.45) is -4.32. The van der Waals surface area contributed by atoms with Crippen LogP contribution in [0, 0.1) is 5.92 Å². The van der Waals surface area contributed by atoms with Crippen LogP contribution in [0.5, 0.6) is 5.75 Å². The molecule has 1 atom stereocenters. The van der Waals surface area contributed by atoms with E-state index in [1.807, 2.05) is 0 Å². The lowest BCUT2D eigenvalue weighted by Gasteiger charge is -2.31. The van der Waals surface area contributed by atoms with Gasteiger partial charge in [0.05, 0.1) is 5.69 Å². The number of carboxylic acids is 1. The molecular formula is C13H12F3NO4. The Balaban J connectivity index is 2.33. The van der Waals surface area contributed by atoms with E-state index in [-0.39, 0.29) is 18.7 Å². The van der Waals surface area contributed by atoms with E-state index < -0.39 is 29.9 Å². The highest BCUT2D eigenvalue weighted by Gasteiger charge is 2.37. The SMILES string of the molecule is O=C(O)C1CCCN(c2ccccc2OC(F)(F)F)C1=O. The summed E-state index contributed by atoms with van der Waals surface area (Å²) in [4.78, 5) is 24.1. The molecule has 5 nitrogen and oxygen atoms in total. The molecule has 2 rings (SSSR count). The van der Waals surface area contributed by atoms with Gasteiger partial charge in [0, 0.05) is 6.54 Å². The Kier molecular flexibility index (Phi) is 4.06. The summed E-state index contributed by atoms with van der Waals surface area (Å²) in [5.74, 6) is -3.77. The van der Waals surface area contributed by atoms with Gasteiger partial charge in [0.15, 0.2) is 5.75 Å². The highest BCUT2D eigenvalue weighted by atomic mass is 19.4. The second-order valence-electron chi connectivity index (χ2n) is 4.54. The second kappa shape index (κ2) is 5.63. The van der Waals surface area contributed by atoms with Crippen LogP contribution < -0.4 is 9.64 Å². The van der Waals surface area contributed by atoms with Gasteiger partial charge in [-0.05, 0) is 25.0 Å². The van der Waals surface area contributed by atoms with Crippen LogP contribution in [0.25, 0.3) is 0 Å². The van der Waals surface area contributed by atoms with Gasteiger partial charge in [-0.15, -0.1) is 13.2 Å². The van der Waals surface area contributed by atoms with Crippen molar-refractivity contribution in [2.75, 3.05) is 11.4 Å². The molecule has 1 amide bonds. The van der Waals surface area contributed by atoms with Gasteiger partial charge in [-0.25, -0.2) is 0 Å². The maximum atomic E-state index is 12.4. The molecule has 1 aliphatic heterocycles. The van der Waals surface area contributed by atoms with Crippen LogP contribution in [-0.4, -0.2) is 29.9 Å². The van der Waals surface area contributed by atoms with Crippen molar-refractivity contribution in [1.29, 1.82) is 0 Å². The Morgan fingerprint density at radius 3 is 2.62 bits per heavy atom. The van der Waals surface area contributed by atoms with Crippen LogP contribution in [0.2, 0.25) is 0 Å². The highest BCUT2D eigenvalue weighted by molar-refractivity contribution is 6.06. The molecular weight excluding hydrogens is 291 g/mol. The Bertz CT molecular complexity index is 559. The third-order valence-electron chi connectivity index (χ3n) is 3.12. The van der Waals surface area contributed by atoms with Crippen molar-refractivity contribution in [1.82, 2.24) is 0 Å². The monoisotopic (exact) mass is 303 g/mol. The van der Waals surface area contributed by atoms with E-state index in [0.717, 1.165) is 11.0 Å². The molecule has 0 saturated carbocycles. The van der Waals surface area contributed by atoms with Crippen LogP contribution in [0.3, 0.4) is 0 Å². The van der Waals surface area contributed by atoms with E-state index in [4.69, 9.17) is 5.11 Å². The van der Waals surface area contributed by atoms with E-state index in [1.54, 1.807) is 0 Å². The Hall–Kier alpha value is -2.25. The first-order valence-electron chi connectivity index (χ1n) is 6.18. The standard InChI is InChI=1S/C13H12F3NO4/c14-13(15,16)21-10-6-2-1-5-9(10)17-7-3-4-8(11(17)18)12(19)20/h1-2,5-6,8H,3-4,7H2,(H,19,20). The van der Waals surface area contributed by atoms with Gasteiger partial charge in [0.25, 0.3) is 0 Å². The number of carbonyl (C=O) groups is 2. The Morgan fingerprint density at radius 2 is 2.00 bits per heavy atom. The van der Waals surface area contributed by atoms with Crippen molar-refractivity contribution >= 4 is 17.6 Å². The minimum atomic E-state index is -4.89. The first-order chi connectivity index (χ1) is 9.79. The zero-order valence-electron chi connectivity index (χ0n) is 10.8. The smallest absolute Gasteiger partial charge is 0.481 e. The van der Waals surface area contributed by atoms with E-state index >= 15 is 0 Å². The van der Waals surface area contributed by atoms with Crippen LogP contribution in [-0.2, 0) is 9.59 Å². The third kappa shape index (κ3) is 3.45. The highest BCUT2D eigenvalue weighted by Crippen LogP contribution is 2.35. The first kappa shape index (κ1) is 15.1. The molecule has 0 spiro atoms. The van der Waals surface area contributed by atoms with Crippen molar-refractivity contribution < 1.29 is 32.6 Å². The molecule has 8 heteroatoms. The summed E-state index contributed by atoms with van der Waals surface area (Å²) in [5.41, 5.74) is -0.0780. The normalized spacial score (nSPS) is 19.5. The number of rotatable bonds is 3. The molecule has 1 aromatic carbocycles. The van der Waals surface area contributed by atoms with Gasteiger partial charge >= 0.3 is 12.3 Å². The summed E-state index contributed by atoms with van der Waals surface area (Å²) in [6.45, 7) is 0.154. The van der Waals surface area contributed by atoms with Crippen molar-refractivity contribution in [2.24, 2.45) is 5.92 Å². The predicted molar refractivity (Wildman–Crippen MR) is 65.8 cm³/mol. The van der Waals surface area contributed by atoms with Crippen LogP contribution >= 0.6 is 0 Å². The molecule has 1 aromatic rings. The first-order valence-corrected chi connectivity index (χ1v) is 6.18. The van der Waals surface area contributed by atoms with Gasteiger partial charge in [-0.1, -0.05) is 12.1 Å². The number of carbonyl (C=O) groups excluding carboxylic acids is 1. The number of nitrogens with zero attached hydrogens (tertiary/aromatic N) is 1. The van der Waals surface area contributed by atoms with Crippen LogP contribution in [0.1, 0.15) is 12.8 Å². The molecule has 1 fully saturated rings. The molecule has 0 aromatic heterocycles.